The largest absolute Gasteiger partial charge is 0.441 e. The van der Waals surface area contributed by atoms with E-state index in [9.17, 15) is 0 Å². The zero-order valence-electron chi connectivity index (χ0n) is 24.5. The Morgan fingerprint density at radius 2 is 1.51 bits per heavy atom. The van der Waals surface area contributed by atoms with Crippen molar-refractivity contribution in [2.45, 2.75) is 57.1 Å². The standard InChI is InChI=1S/C35H30ClN6O3/c36-26-3-1-2-25(16-26)35-41-29-18-24(7-11-33(29)45-35)31-20-42(15-14-39-31)21-43-27-8-4-22(5-9-27)34-40-28-17-23(6-10-32(28)44-34)30-19-37-12-13-38-30/h1-5,8-9,12-16,19-20,23-24H,6-7,10-11,17-18,21H2/q+1. The number of ether oxygens (including phenoxy) is 1. The van der Waals surface area contributed by atoms with Gasteiger partial charge in [-0.1, -0.05) is 17.7 Å². The third-order valence-electron chi connectivity index (χ3n) is 8.63. The maximum absolute atomic E-state index is 6.18. The van der Waals surface area contributed by atoms with Crippen molar-refractivity contribution in [3.05, 3.63) is 125 Å². The van der Waals surface area contributed by atoms with Crippen LogP contribution in [0.2, 0.25) is 5.02 Å². The van der Waals surface area contributed by atoms with Crippen molar-refractivity contribution in [1.82, 2.24) is 24.9 Å². The molecule has 4 heterocycles. The van der Waals surface area contributed by atoms with Crippen LogP contribution >= 0.6 is 11.6 Å². The van der Waals surface area contributed by atoms with Gasteiger partial charge in [-0.05, 0) is 55.3 Å². The fourth-order valence-corrected chi connectivity index (χ4v) is 6.43. The molecule has 2 aromatic carbocycles. The Morgan fingerprint density at radius 3 is 2.22 bits per heavy atom. The normalized spacial score (nSPS) is 17.4. The van der Waals surface area contributed by atoms with E-state index in [0.717, 1.165) is 89.7 Å². The summed E-state index contributed by atoms with van der Waals surface area (Å²) in [6, 6.07) is 15.5. The van der Waals surface area contributed by atoms with Gasteiger partial charge in [-0.3, -0.25) is 9.97 Å². The predicted molar refractivity (Wildman–Crippen MR) is 166 cm³/mol. The molecule has 0 amide bonds. The molecule has 0 saturated carbocycles. The number of hydrogen-bond donors (Lipinski definition) is 0. The second kappa shape index (κ2) is 11.9. The van der Waals surface area contributed by atoms with Crippen LogP contribution in [0.5, 0.6) is 5.75 Å². The predicted octanol–water partition coefficient (Wildman–Crippen LogP) is 6.70. The van der Waals surface area contributed by atoms with E-state index in [1.165, 1.54) is 0 Å². The summed E-state index contributed by atoms with van der Waals surface area (Å²) in [4.78, 5) is 23.0. The van der Waals surface area contributed by atoms with E-state index in [2.05, 4.69) is 21.1 Å². The van der Waals surface area contributed by atoms with Crippen molar-refractivity contribution in [3.63, 3.8) is 0 Å². The van der Waals surface area contributed by atoms with Gasteiger partial charge >= 0.3 is 0 Å². The molecule has 0 fully saturated rings. The van der Waals surface area contributed by atoms with E-state index < -0.39 is 0 Å². The molecule has 6 aromatic rings. The molecule has 10 heteroatoms. The van der Waals surface area contributed by atoms with Crippen molar-refractivity contribution < 1.29 is 18.1 Å². The summed E-state index contributed by atoms with van der Waals surface area (Å²) in [6.45, 7) is 0.368. The Labute approximate surface area is 265 Å². The minimum absolute atomic E-state index is 0.254. The summed E-state index contributed by atoms with van der Waals surface area (Å²) in [5, 5.41) is 0.666. The average Bonchev–Trinajstić information content (AvgIpc) is 3.72. The van der Waals surface area contributed by atoms with Crippen LogP contribution in [-0.4, -0.2) is 24.9 Å². The minimum Gasteiger partial charge on any atom is -0.441 e. The summed E-state index contributed by atoms with van der Waals surface area (Å²) < 4.78 is 20.4. The van der Waals surface area contributed by atoms with Crippen molar-refractivity contribution in [2.24, 2.45) is 0 Å². The van der Waals surface area contributed by atoms with Crippen LogP contribution in [0.3, 0.4) is 0 Å². The molecule has 2 aliphatic carbocycles. The van der Waals surface area contributed by atoms with Gasteiger partial charge in [0.25, 0.3) is 6.73 Å². The maximum Gasteiger partial charge on any atom is 0.292 e. The van der Waals surface area contributed by atoms with E-state index in [0.29, 0.717) is 29.5 Å². The number of aromatic nitrogens is 6. The molecule has 224 valence electrons. The monoisotopic (exact) mass is 617 g/mol. The first kappa shape index (κ1) is 27.6. The first-order chi connectivity index (χ1) is 22.1. The van der Waals surface area contributed by atoms with Crippen molar-refractivity contribution in [2.75, 3.05) is 0 Å². The Morgan fingerprint density at radius 1 is 0.800 bits per heavy atom. The molecule has 2 aliphatic rings. The van der Waals surface area contributed by atoms with E-state index in [4.69, 9.17) is 35.1 Å². The highest BCUT2D eigenvalue weighted by Crippen LogP contribution is 2.36. The average molecular weight is 618 g/mol. The van der Waals surface area contributed by atoms with Crippen LogP contribution in [-0.2, 0) is 32.4 Å². The van der Waals surface area contributed by atoms with E-state index >= 15 is 0 Å². The second-order valence-electron chi connectivity index (χ2n) is 11.6. The number of hydrogen-bond acceptors (Lipinski definition) is 8. The van der Waals surface area contributed by atoms with Crippen molar-refractivity contribution in [3.8, 4) is 28.7 Å². The molecule has 2 atom stereocenters. The van der Waals surface area contributed by atoms with Crippen LogP contribution in [0.1, 0.15) is 59.0 Å². The quantitative estimate of drug-likeness (QED) is 0.182. The lowest BCUT2D eigenvalue weighted by molar-refractivity contribution is -0.725. The lowest BCUT2D eigenvalue weighted by Gasteiger charge is -2.18. The van der Waals surface area contributed by atoms with Gasteiger partial charge in [-0.25, -0.2) is 15.0 Å². The molecule has 2 unspecified atom stereocenters. The highest BCUT2D eigenvalue weighted by atomic mass is 35.5. The number of aryl methyl sites for hydroxylation is 2. The first-order valence-electron chi connectivity index (χ1n) is 15.2. The van der Waals surface area contributed by atoms with Gasteiger partial charge in [0, 0.05) is 72.3 Å². The highest BCUT2D eigenvalue weighted by Gasteiger charge is 2.29. The van der Waals surface area contributed by atoms with Gasteiger partial charge in [0.05, 0.1) is 23.3 Å². The van der Waals surface area contributed by atoms with E-state index in [1.54, 1.807) is 12.4 Å². The molecule has 0 radical (unpaired) electrons. The lowest BCUT2D eigenvalue weighted by atomic mass is 9.88. The molecule has 45 heavy (non-hydrogen) atoms. The lowest BCUT2D eigenvalue weighted by Crippen LogP contribution is -2.37. The van der Waals surface area contributed by atoms with Crippen LogP contribution in [0.25, 0.3) is 22.9 Å². The molecule has 0 saturated heterocycles. The maximum atomic E-state index is 6.18. The third kappa shape index (κ3) is 5.83. The minimum atomic E-state index is 0.254. The Balaban J connectivity index is 0.901. The highest BCUT2D eigenvalue weighted by molar-refractivity contribution is 6.30. The zero-order valence-corrected chi connectivity index (χ0v) is 25.2. The molecule has 0 aliphatic heterocycles. The number of fused-ring (bicyclic) bond motifs is 2. The summed E-state index contributed by atoms with van der Waals surface area (Å²) in [6.07, 6.45) is 16.3. The SMILES string of the molecule is Clc1cccc(-c2nc3c(o2)CCC(c2c[n+](COc4ccc(-c5nc6c(o5)CCC(c5cnccn5)C6)cc4)ccn2)C3)c1. The number of benzene rings is 2. The summed E-state index contributed by atoms with van der Waals surface area (Å²) >= 11 is 6.18. The molecule has 9 nitrogen and oxygen atoms in total. The summed E-state index contributed by atoms with van der Waals surface area (Å²) in [7, 11) is 0. The van der Waals surface area contributed by atoms with Crippen molar-refractivity contribution in [1.29, 1.82) is 0 Å². The molecule has 0 spiro atoms. The summed E-state index contributed by atoms with van der Waals surface area (Å²) in [5.41, 5.74) is 5.85. The van der Waals surface area contributed by atoms with Gasteiger partial charge in [-0.2, -0.15) is 4.57 Å². The number of oxazole rings is 2. The summed E-state index contributed by atoms with van der Waals surface area (Å²) in [5.74, 6) is 4.51. The second-order valence-corrected chi connectivity index (χ2v) is 12.0. The number of halogens is 1. The van der Waals surface area contributed by atoms with Gasteiger partial charge in [0.1, 0.15) is 23.0 Å². The molecule has 0 bridgehead atoms. The molecule has 8 rings (SSSR count). The fourth-order valence-electron chi connectivity index (χ4n) is 6.24. The Bertz CT molecular complexity index is 1960. The van der Waals surface area contributed by atoms with E-state index in [1.807, 2.05) is 71.7 Å². The fraction of sp³-hybridized carbons (Fsp3) is 0.257. The van der Waals surface area contributed by atoms with Crippen molar-refractivity contribution >= 4 is 11.6 Å². The molecular weight excluding hydrogens is 588 g/mol. The smallest absolute Gasteiger partial charge is 0.292 e. The Kier molecular flexibility index (Phi) is 7.31. The van der Waals surface area contributed by atoms with Crippen LogP contribution in [0.4, 0.5) is 0 Å². The van der Waals surface area contributed by atoms with Crippen LogP contribution in [0.15, 0.2) is 94.5 Å². The topological polar surface area (TPSA) is 104 Å². The Hall–Kier alpha value is -4.89. The van der Waals surface area contributed by atoms with E-state index in [-0.39, 0.29) is 5.92 Å². The number of nitrogens with zero attached hydrogens (tertiary/aromatic N) is 6. The van der Waals surface area contributed by atoms with Gasteiger partial charge in [0.15, 0.2) is 12.4 Å². The zero-order chi connectivity index (χ0) is 30.2. The first-order valence-corrected chi connectivity index (χ1v) is 15.6. The van der Waals surface area contributed by atoms with Crippen LogP contribution in [0, 0.1) is 0 Å². The number of rotatable bonds is 7. The third-order valence-corrected chi connectivity index (χ3v) is 8.86. The van der Waals surface area contributed by atoms with Gasteiger partial charge < -0.3 is 13.6 Å². The van der Waals surface area contributed by atoms with Crippen LogP contribution < -0.4 is 9.30 Å². The molecular formula is C35H30ClN6O3+. The van der Waals surface area contributed by atoms with Gasteiger partial charge in [0.2, 0.25) is 11.8 Å². The van der Waals surface area contributed by atoms with Gasteiger partial charge in [-0.15, -0.1) is 0 Å². The molecule has 0 N–H and O–H groups in total. The molecule has 4 aromatic heterocycles.